The normalized spacial score (nSPS) is 29.3. The van der Waals surface area contributed by atoms with E-state index in [-0.39, 0.29) is 11.1 Å². The number of urea groups is 1. The van der Waals surface area contributed by atoms with Crippen LogP contribution in [0.25, 0.3) is 0 Å². The number of carbonyl (C=O) groups excluding carboxylic acids is 2. The maximum absolute atomic E-state index is 12.5. The number of Topliss-reactive ketones (excluding diaryl/α,β-unsaturated/α-hetero) is 1. The Morgan fingerprint density at radius 3 is 2.27 bits per heavy atom. The van der Waals surface area contributed by atoms with Gasteiger partial charge in [0, 0.05) is 16.8 Å². The zero-order chi connectivity index (χ0) is 15.5. The molecule has 6 nitrogen and oxygen atoms in total. The van der Waals surface area contributed by atoms with Gasteiger partial charge >= 0.3 is 6.03 Å². The number of nitrogens with one attached hydrogen (secondary N) is 1. The Morgan fingerprint density at radius 2 is 1.55 bits per heavy atom. The number of amides is 2. The third-order valence-electron chi connectivity index (χ3n) is 4.21. The fraction of sp³-hybridized carbons (Fsp3) is 0.125. The standard InChI is InChI=1S/C16H12N2O4/c19-13-11-8-4-5-9-12(11)16(22)15(13,21)17-14(20)18(16)10-6-2-1-3-7-10/h1-9,21-22H,(H,17,20)/t15-,16+/m0/s1. The second-order valence-electron chi connectivity index (χ2n) is 5.36. The zero-order valence-electron chi connectivity index (χ0n) is 11.4. The number of aliphatic hydroxyl groups is 2. The summed E-state index contributed by atoms with van der Waals surface area (Å²) in [5.41, 5.74) is -3.82. The second-order valence-corrected chi connectivity index (χ2v) is 5.36. The molecule has 1 aliphatic carbocycles. The summed E-state index contributed by atoms with van der Waals surface area (Å²) in [6, 6.07) is 14.0. The molecule has 2 atom stereocenters. The summed E-state index contributed by atoms with van der Waals surface area (Å²) in [5.74, 6) is -0.725. The molecule has 3 N–H and O–H groups in total. The van der Waals surface area contributed by atoms with Crippen molar-refractivity contribution in [1.29, 1.82) is 0 Å². The van der Waals surface area contributed by atoms with Gasteiger partial charge < -0.3 is 10.2 Å². The first-order chi connectivity index (χ1) is 10.5. The zero-order valence-corrected chi connectivity index (χ0v) is 11.4. The van der Waals surface area contributed by atoms with Crippen molar-refractivity contribution in [3.8, 4) is 0 Å². The highest BCUT2D eigenvalue weighted by Gasteiger charge is 2.72. The summed E-state index contributed by atoms with van der Waals surface area (Å²) in [4.78, 5) is 25.8. The molecule has 1 fully saturated rings. The number of rotatable bonds is 1. The van der Waals surface area contributed by atoms with Crippen molar-refractivity contribution in [3.05, 3.63) is 65.7 Å². The van der Waals surface area contributed by atoms with Gasteiger partial charge in [0.25, 0.3) is 5.72 Å². The number of ketones is 1. The number of benzene rings is 2. The molecule has 2 aromatic rings. The van der Waals surface area contributed by atoms with Crippen LogP contribution in [0.3, 0.4) is 0 Å². The minimum absolute atomic E-state index is 0.188. The lowest BCUT2D eigenvalue weighted by atomic mass is 9.98. The van der Waals surface area contributed by atoms with E-state index in [0.29, 0.717) is 5.69 Å². The quantitative estimate of drug-likeness (QED) is 0.731. The van der Waals surface area contributed by atoms with Crippen LogP contribution in [0.2, 0.25) is 0 Å². The second kappa shape index (κ2) is 3.94. The van der Waals surface area contributed by atoms with E-state index in [1.165, 1.54) is 12.1 Å². The number of hydrogen-bond acceptors (Lipinski definition) is 4. The molecule has 4 rings (SSSR count). The molecule has 110 valence electrons. The first kappa shape index (κ1) is 13.0. The molecule has 0 unspecified atom stereocenters. The molecule has 6 heteroatoms. The number of hydrogen-bond donors (Lipinski definition) is 3. The van der Waals surface area contributed by atoms with E-state index in [1.807, 2.05) is 0 Å². The largest absolute Gasteiger partial charge is 0.362 e. The van der Waals surface area contributed by atoms with Gasteiger partial charge in [-0.05, 0) is 12.1 Å². The Hall–Kier alpha value is -2.70. The van der Waals surface area contributed by atoms with E-state index in [9.17, 15) is 19.8 Å². The van der Waals surface area contributed by atoms with Gasteiger partial charge in [0.15, 0.2) is 0 Å². The van der Waals surface area contributed by atoms with E-state index >= 15 is 0 Å². The molecular weight excluding hydrogens is 284 g/mol. The highest BCUT2D eigenvalue weighted by atomic mass is 16.4. The smallest absolute Gasteiger partial charge is 0.327 e. The molecule has 0 spiro atoms. The van der Waals surface area contributed by atoms with Crippen LogP contribution in [0.1, 0.15) is 15.9 Å². The molecule has 0 aromatic heterocycles. The van der Waals surface area contributed by atoms with Crippen LogP contribution in [0.5, 0.6) is 0 Å². The lowest BCUT2D eigenvalue weighted by Crippen LogP contribution is -2.59. The van der Waals surface area contributed by atoms with Crippen molar-refractivity contribution in [1.82, 2.24) is 5.32 Å². The van der Waals surface area contributed by atoms with Crippen LogP contribution >= 0.6 is 0 Å². The Bertz CT molecular complexity index is 807. The fourth-order valence-corrected chi connectivity index (χ4v) is 3.20. The van der Waals surface area contributed by atoms with E-state index in [1.54, 1.807) is 42.5 Å². The topological polar surface area (TPSA) is 89.9 Å². The SMILES string of the molecule is O=C1N[C@]2(O)C(=O)c3ccccc3[C@]2(O)N1c1ccccc1. The van der Waals surface area contributed by atoms with E-state index in [2.05, 4.69) is 5.32 Å². The van der Waals surface area contributed by atoms with Gasteiger partial charge in [-0.3, -0.25) is 15.0 Å². The highest BCUT2D eigenvalue weighted by Crippen LogP contribution is 2.50. The Morgan fingerprint density at radius 1 is 0.909 bits per heavy atom. The van der Waals surface area contributed by atoms with E-state index in [0.717, 1.165) is 4.90 Å². The summed E-state index contributed by atoms with van der Waals surface area (Å²) in [6.07, 6.45) is 0. The molecule has 0 radical (unpaired) electrons. The number of para-hydroxylation sites is 1. The van der Waals surface area contributed by atoms with Gasteiger partial charge in [0.2, 0.25) is 11.5 Å². The van der Waals surface area contributed by atoms with Crippen LogP contribution in [0.15, 0.2) is 54.6 Å². The summed E-state index contributed by atoms with van der Waals surface area (Å²) in [7, 11) is 0. The first-order valence-electron chi connectivity index (χ1n) is 6.76. The predicted molar refractivity (Wildman–Crippen MR) is 77.1 cm³/mol. The minimum atomic E-state index is -2.40. The average Bonchev–Trinajstić information content (AvgIpc) is 2.84. The molecular formula is C16H12N2O4. The lowest BCUT2D eigenvalue weighted by Gasteiger charge is -2.34. The Kier molecular flexibility index (Phi) is 2.33. The molecule has 0 saturated carbocycles. The lowest BCUT2D eigenvalue weighted by molar-refractivity contribution is -0.109. The number of carbonyl (C=O) groups is 2. The van der Waals surface area contributed by atoms with Gasteiger partial charge in [0.05, 0.1) is 0 Å². The summed E-state index contributed by atoms with van der Waals surface area (Å²) < 4.78 is 0. The third kappa shape index (κ3) is 1.26. The molecule has 1 saturated heterocycles. The molecule has 22 heavy (non-hydrogen) atoms. The maximum atomic E-state index is 12.5. The first-order valence-corrected chi connectivity index (χ1v) is 6.76. The van der Waals surface area contributed by atoms with Crippen molar-refractivity contribution < 1.29 is 19.8 Å². The molecule has 2 aromatic carbocycles. The van der Waals surface area contributed by atoms with Crippen molar-refractivity contribution in [2.75, 3.05) is 4.90 Å². The summed E-state index contributed by atoms with van der Waals surface area (Å²) in [5, 5.41) is 24.1. The number of fused-ring (bicyclic) bond motifs is 3. The maximum Gasteiger partial charge on any atom is 0.327 e. The average molecular weight is 296 g/mol. The van der Waals surface area contributed by atoms with E-state index in [4.69, 9.17) is 0 Å². The molecule has 1 aliphatic heterocycles. The third-order valence-corrected chi connectivity index (χ3v) is 4.21. The Balaban J connectivity index is 2.01. The van der Waals surface area contributed by atoms with Crippen molar-refractivity contribution in [2.45, 2.75) is 11.4 Å². The van der Waals surface area contributed by atoms with Gasteiger partial charge in [-0.1, -0.05) is 42.5 Å². The van der Waals surface area contributed by atoms with Gasteiger partial charge in [-0.15, -0.1) is 0 Å². The fourth-order valence-electron chi connectivity index (χ4n) is 3.20. The van der Waals surface area contributed by atoms with E-state index < -0.39 is 23.3 Å². The van der Waals surface area contributed by atoms with Crippen LogP contribution in [0.4, 0.5) is 10.5 Å². The summed E-state index contributed by atoms with van der Waals surface area (Å²) in [6.45, 7) is 0. The molecule has 1 heterocycles. The van der Waals surface area contributed by atoms with Crippen LogP contribution < -0.4 is 10.2 Å². The Labute approximate surface area is 125 Å². The predicted octanol–water partition coefficient (Wildman–Crippen LogP) is 0.946. The monoisotopic (exact) mass is 296 g/mol. The van der Waals surface area contributed by atoms with Crippen LogP contribution in [0, 0.1) is 0 Å². The molecule has 2 aliphatic rings. The van der Waals surface area contributed by atoms with Crippen LogP contribution in [-0.2, 0) is 5.72 Å². The van der Waals surface area contributed by atoms with Gasteiger partial charge in [-0.25, -0.2) is 4.79 Å². The van der Waals surface area contributed by atoms with Gasteiger partial charge in [-0.2, -0.15) is 0 Å². The molecule has 0 bridgehead atoms. The molecule has 2 amide bonds. The number of nitrogens with zero attached hydrogens (tertiary/aromatic N) is 1. The summed E-state index contributed by atoms with van der Waals surface area (Å²) >= 11 is 0. The minimum Gasteiger partial charge on any atom is -0.362 e. The number of anilines is 1. The van der Waals surface area contributed by atoms with Crippen LogP contribution in [-0.4, -0.2) is 27.8 Å². The van der Waals surface area contributed by atoms with Crippen molar-refractivity contribution in [3.63, 3.8) is 0 Å². The van der Waals surface area contributed by atoms with Crippen molar-refractivity contribution >= 4 is 17.5 Å². The van der Waals surface area contributed by atoms with Crippen molar-refractivity contribution in [2.24, 2.45) is 0 Å². The van der Waals surface area contributed by atoms with Gasteiger partial charge in [0.1, 0.15) is 0 Å². The highest BCUT2D eigenvalue weighted by molar-refractivity contribution is 6.15.